The molecule has 112 valence electrons. The zero-order valence-corrected chi connectivity index (χ0v) is 12.4. The summed E-state index contributed by atoms with van der Waals surface area (Å²) in [5.41, 5.74) is 2.95. The number of carbonyl (C=O) groups excluding carboxylic acids is 1. The van der Waals surface area contributed by atoms with E-state index in [1.807, 2.05) is 19.9 Å². The van der Waals surface area contributed by atoms with Crippen molar-refractivity contribution in [3.63, 3.8) is 0 Å². The lowest BCUT2D eigenvalue weighted by molar-refractivity contribution is 0.0945. The number of aromatic nitrogens is 3. The highest BCUT2D eigenvalue weighted by Gasteiger charge is 2.16. The molecule has 21 heavy (non-hydrogen) atoms. The van der Waals surface area contributed by atoms with E-state index in [0.29, 0.717) is 23.8 Å². The monoisotopic (exact) mass is 288 g/mol. The van der Waals surface area contributed by atoms with E-state index in [2.05, 4.69) is 15.4 Å². The Labute approximate surface area is 123 Å². The molecule has 0 bridgehead atoms. The van der Waals surface area contributed by atoms with Crippen molar-refractivity contribution in [2.45, 2.75) is 26.7 Å². The molecule has 1 saturated heterocycles. The summed E-state index contributed by atoms with van der Waals surface area (Å²) in [5, 5.41) is 7.27. The number of ether oxygens (including phenoxy) is 1. The summed E-state index contributed by atoms with van der Waals surface area (Å²) in [7, 11) is 0. The maximum absolute atomic E-state index is 12.2. The molecule has 1 fully saturated rings. The van der Waals surface area contributed by atoms with Crippen LogP contribution < -0.4 is 5.32 Å². The summed E-state index contributed by atoms with van der Waals surface area (Å²) >= 11 is 0. The molecule has 6 heteroatoms. The maximum atomic E-state index is 12.2. The van der Waals surface area contributed by atoms with Gasteiger partial charge in [0.25, 0.3) is 5.91 Å². The molecule has 3 rings (SSSR count). The van der Waals surface area contributed by atoms with Gasteiger partial charge in [-0.15, -0.1) is 0 Å². The molecule has 1 aliphatic rings. The van der Waals surface area contributed by atoms with Crippen LogP contribution in [0.25, 0.3) is 5.65 Å². The number of nitrogens with zero attached hydrogens (tertiary/aromatic N) is 3. The highest BCUT2D eigenvalue weighted by Crippen LogP contribution is 2.15. The van der Waals surface area contributed by atoms with Gasteiger partial charge in [0.05, 0.1) is 5.69 Å². The minimum absolute atomic E-state index is 0.127. The van der Waals surface area contributed by atoms with E-state index in [4.69, 9.17) is 4.74 Å². The number of hydrogen-bond donors (Lipinski definition) is 1. The van der Waals surface area contributed by atoms with E-state index >= 15 is 0 Å². The van der Waals surface area contributed by atoms with Crippen LogP contribution in [0.3, 0.4) is 0 Å². The molecule has 1 N–H and O–H groups in total. The fourth-order valence-electron chi connectivity index (χ4n) is 2.65. The smallest absolute Gasteiger partial charge is 0.270 e. The highest BCUT2D eigenvalue weighted by atomic mass is 16.5. The van der Waals surface area contributed by atoms with Crippen molar-refractivity contribution >= 4 is 11.6 Å². The molecule has 0 unspecified atom stereocenters. The fraction of sp³-hybridized carbons (Fsp3) is 0.533. The normalized spacial score (nSPS) is 18.3. The van der Waals surface area contributed by atoms with Crippen molar-refractivity contribution in [2.24, 2.45) is 5.92 Å². The maximum Gasteiger partial charge on any atom is 0.270 e. The molecule has 0 radical (unpaired) electrons. The van der Waals surface area contributed by atoms with E-state index in [1.165, 1.54) is 0 Å². The Balaban J connectivity index is 1.66. The van der Waals surface area contributed by atoms with Crippen LogP contribution in [-0.4, -0.2) is 40.3 Å². The van der Waals surface area contributed by atoms with Gasteiger partial charge in [-0.1, -0.05) is 0 Å². The lowest BCUT2D eigenvalue weighted by Crippen LogP contribution is -2.27. The third-order valence-corrected chi connectivity index (χ3v) is 3.82. The summed E-state index contributed by atoms with van der Waals surface area (Å²) in [6.45, 7) is 6.16. The second kappa shape index (κ2) is 5.81. The first-order valence-corrected chi connectivity index (χ1v) is 7.33. The number of rotatable bonds is 4. The summed E-state index contributed by atoms with van der Waals surface area (Å²) in [6.07, 6.45) is 2.05. The second-order valence-corrected chi connectivity index (χ2v) is 5.61. The number of hydrogen-bond acceptors (Lipinski definition) is 4. The first-order chi connectivity index (χ1) is 10.1. The molecular formula is C15H20N4O2. The summed E-state index contributed by atoms with van der Waals surface area (Å²) in [6, 6.07) is 3.65. The van der Waals surface area contributed by atoms with Crippen LogP contribution >= 0.6 is 0 Å². The van der Waals surface area contributed by atoms with Gasteiger partial charge in [0.2, 0.25) is 0 Å². The van der Waals surface area contributed by atoms with Gasteiger partial charge in [0.1, 0.15) is 5.69 Å². The highest BCUT2D eigenvalue weighted by molar-refractivity contribution is 5.92. The van der Waals surface area contributed by atoms with Gasteiger partial charge in [-0.05, 0) is 38.7 Å². The van der Waals surface area contributed by atoms with Crippen LogP contribution in [0.15, 0.2) is 12.1 Å². The molecule has 3 heterocycles. The molecule has 0 spiro atoms. The standard InChI is InChI=1S/C15H20N4O2/c1-10-7-14-17-13(8-11(2)19(14)18-10)15(20)16-5-3-12-4-6-21-9-12/h7-8,12H,3-6,9H2,1-2H3,(H,16,20)/t12-/m1/s1. The lowest BCUT2D eigenvalue weighted by atomic mass is 10.1. The molecule has 0 aliphatic carbocycles. The van der Waals surface area contributed by atoms with Crippen LogP contribution in [0, 0.1) is 19.8 Å². The van der Waals surface area contributed by atoms with Gasteiger partial charge in [0, 0.05) is 31.5 Å². The van der Waals surface area contributed by atoms with Gasteiger partial charge in [-0.2, -0.15) is 5.10 Å². The molecule has 0 aromatic carbocycles. The van der Waals surface area contributed by atoms with Crippen LogP contribution in [0.5, 0.6) is 0 Å². The van der Waals surface area contributed by atoms with Gasteiger partial charge in [-0.3, -0.25) is 4.79 Å². The first-order valence-electron chi connectivity index (χ1n) is 7.33. The minimum atomic E-state index is -0.127. The third kappa shape index (κ3) is 3.05. The second-order valence-electron chi connectivity index (χ2n) is 5.61. The van der Waals surface area contributed by atoms with Crippen molar-refractivity contribution in [2.75, 3.05) is 19.8 Å². The quantitative estimate of drug-likeness (QED) is 0.925. The van der Waals surface area contributed by atoms with Crippen LogP contribution in [0.2, 0.25) is 0 Å². The molecule has 6 nitrogen and oxygen atoms in total. The molecule has 0 saturated carbocycles. The Morgan fingerprint density at radius 1 is 1.48 bits per heavy atom. The summed E-state index contributed by atoms with van der Waals surface area (Å²) < 4.78 is 7.08. The third-order valence-electron chi connectivity index (χ3n) is 3.82. The van der Waals surface area contributed by atoms with Gasteiger partial charge < -0.3 is 10.1 Å². The fourth-order valence-corrected chi connectivity index (χ4v) is 2.65. The van der Waals surface area contributed by atoms with Gasteiger partial charge in [0.15, 0.2) is 5.65 Å². The number of carbonyl (C=O) groups is 1. The largest absolute Gasteiger partial charge is 0.381 e. The SMILES string of the molecule is Cc1cc2nc(C(=O)NCC[C@@H]3CCOC3)cc(C)n2n1. The molecule has 1 amide bonds. The minimum Gasteiger partial charge on any atom is -0.381 e. The molecule has 1 aliphatic heterocycles. The number of nitrogens with one attached hydrogen (secondary N) is 1. The van der Waals surface area contributed by atoms with Gasteiger partial charge >= 0.3 is 0 Å². The zero-order valence-electron chi connectivity index (χ0n) is 12.4. The lowest BCUT2D eigenvalue weighted by Gasteiger charge is -2.09. The average Bonchev–Trinajstić information content (AvgIpc) is 3.07. The molecule has 2 aromatic rings. The van der Waals surface area contributed by atoms with Crippen molar-refractivity contribution in [3.05, 3.63) is 29.2 Å². The number of amides is 1. The summed E-state index contributed by atoms with van der Waals surface area (Å²) in [4.78, 5) is 16.6. The van der Waals surface area contributed by atoms with E-state index in [0.717, 1.165) is 37.4 Å². The van der Waals surface area contributed by atoms with Crippen molar-refractivity contribution in [1.29, 1.82) is 0 Å². The Hall–Kier alpha value is -1.95. The van der Waals surface area contributed by atoms with E-state index in [9.17, 15) is 4.79 Å². The Bertz CT molecular complexity index is 659. The number of fused-ring (bicyclic) bond motifs is 1. The van der Waals surface area contributed by atoms with Crippen LogP contribution in [-0.2, 0) is 4.74 Å². The number of aryl methyl sites for hydroxylation is 2. The van der Waals surface area contributed by atoms with Gasteiger partial charge in [-0.25, -0.2) is 9.50 Å². The van der Waals surface area contributed by atoms with E-state index < -0.39 is 0 Å². The predicted octanol–water partition coefficient (Wildman–Crippen LogP) is 1.50. The topological polar surface area (TPSA) is 68.5 Å². The zero-order chi connectivity index (χ0) is 14.8. The summed E-state index contributed by atoms with van der Waals surface area (Å²) in [5.74, 6) is 0.443. The van der Waals surface area contributed by atoms with E-state index in [-0.39, 0.29) is 5.91 Å². The predicted molar refractivity (Wildman–Crippen MR) is 78.3 cm³/mol. The van der Waals surface area contributed by atoms with E-state index in [1.54, 1.807) is 10.6 Å². The van der Waals surface area contributed by atoms with Crippen LogP contribution in [0.1, 0.15) is 34.7 Å². The van der Waals surface area contributed by atoms with Crippen molar-refractivity contribution in [1.82, 2.24) is 19.9 Å². The van der Waals surface area contributed by atoms with Crippen molar-refractivity contribution in [3.8, 4) is 0 Å². The Morgan fingerprint density at radius 3 is 3.10 bits per heavy atom. The Kier molecular flexibility index (Phi) is 3.88. The molecular weight excluding hydrogens is 268 g/mol. The molecule has 2 aromatic heterocycles. The molecule has 1 atom stereocenters. The Morgan fingerprint density at radius 2 is 2.33 bits per heavy atom. The van der Waals surface area contributed by atoms with Crippen LogP contribution in [0.4, 0.5) is 0 Å². The van der Waals surface area contributed by atoms with Crippen molar-refractivity contribution < 1.29 is 9.53 Å². The average molecular weight is 288 g/mol. The first kappa shape index (κ1) is 14.0.